The van der Waals surface area contributed by atoms with Crippen molar-refractivity contribution in [2.75, 3.05) is 13.2 Å². The second-order valence-corrected chi connectivity index (χ2v) is 5.53. The summed E-state index contributed by atoms with van der Waals surface area (Å²) >= 11 is 0. The van der Waals surface area contributed by atoms with Crippen LogP contribution in [0.4, 0.5) is 0 Å². The van der Waals surface area contributed by atoms with Crippen LogP contribution in [0.3, 0.4) is 0 Å². The molecular formula is C18H17NO5. The summed E-state index contributed by atoms with van der Waals surface area (Å²) in [6.07, 6.45) is 0. The van der Waals surface area contributed by atoms with Crippen LogP contribution in [0.2, 0.25) is 0 Å². The monoisotopic (exact) mass is 327 g/mol. The van der Waals surface area contributed by atoms with Crippen molar-refractivity contribution in [1.82, 2.24) is 5.32 Å². The number of ether oxygens (including phenoxy) is 1. The Morgan fingerprint density at radius 2 is 1.96 bits per heavy atom. The fourth-order valence-corrected chi connectivity index (χ4v) is 2.38. The zero-order valence-electron chi connectivity index (χ0n) is 13.1. The molecule has 1 atom stereocenters. The van der Waals surface area contributed by atoms with Crippen molar-refractivity contribution in [1.29, 1.82) is 0 Å². The second-order valence-electron chi connectivity index (χ2n) is 5.53. The minimum Gasteiger partial charge on any atom is -0.484 e. The van der Waals surface area contributed by atoms with E-state index in [9.17, 15) is 9.59 Å². The Hall–Kier alpha value is -2.86. The van der Waals surface area contributed by atoms with Gasteiger partial charge in [0, 0.05) is 12.1 Å². The molecule has 6 heteroatoms. The van der Waals surface area contributed by atoms with Crippen LogP contribution in [0, 0.1) is 0 Å². The van der Waals surface area contributed by atoms with Gasteiger partial charge in [-0.05, 0) is 31.2 Å². The van der Waals surface area contributed by atoms with Crippen LogP contribution in [-0.2, 0) is 4.79 Å². The van der Waals surface area contributed by atoms with Crippen molar-refractivity contribution < 1.29 is 19.1 Å². The molecule has 0 saturated heterocycles. The molecular weight excluding hydrogens is 310 g/mol. The normalized spacial score (nSPS) is 12.2. The summed E-state index contributed by atoms with van der Waals surface area (Å²) in [5, 5.41) is 12.5. The SMILES string of the molecule is C[C@H](CO)NC(=O)COc1ccc2c(=O)c3ccccc3oc2c1. The zero-order valence-corrected chi connectivity index (χ0v) is 13.1. The number of nitrogens with one attached hydrogen (secondary N) is 1. The molecule has 24 heavy (non-hydrogen) atoms. The fraction of sp³-hybridized carbons (Fsp3) is 0.222. The van der Waals surface area contributed by atoms with E-state index in [0.29, 0.717) is 27.7 Å². The van der Waals surface area contributed by atoms with Crippen LogP contribution in [0.1, 0.15) is 6.92 Å². The van der Waals surface area contributed by atoms with Gasteiger partial charge in [0.05, 0.1) is 17.4 Å². The molecule has 0 saturated carbocycles. The highest BCUT2D eigenvalue weighted by molar-refractivity contribution is 5.90. The van der Waals surface area contributed by atoms with E-state index in [1.165, 1.54) is 0 Å². The average molecular weight is 327 g/mol. The summed E-state index contributed by atoms with van der Waals surface area (Å²) in [4.78, 5) is 24.1. The fourth-order valence-electron chi connectivity index (χ4n) is 2.38. The van der Waals surface area contributed by atoms with Crippen molar-refractivity contribution in [2.24, 2.45) is 0 Å². The lowest BCUT2D eigenvalue weighted by molar-refractivity contribution is -0.123. The number of carbonyl (C=O) groups excluding carboxylic acids is 1. The highest BCUT2D eigenvalue weighted by Gasteiger charge is 2.10. The summed E-state index contributed by atoms with van der Waals surface area (Å²) in [6, 6.07) is 11.5. The van der Waals surface area contributed by atoms with Crippen molar-refractivity contribution in [3.63, 3.8) is 0 Å². The molecule has 0 radical (unpaired) electrons. The van der Waals surface area contributed by atoms with Crippen LogP contribution < -0.4 is 15.5 Å². The topological polar surface area (TPSA) is 88.8 Å². The third-order valence-electron chi connectivity index (χ3n) is 3.60. The van der Waals surface area contributed by atoms with Crippen molar-refractivity contribution >= 4 is 27.8 Å². The Labute approximate surface area is 137 Å². The molecule has 6 nitrogen and oxygen atoms in total. The number of hydrogen-bond acceptors (Lipinski definition) is 5. The van der Waals surface area contributed by atoms with Crippen molar-refractivity contribution in [2.45, 2.75) is 13.0 Å². The molecule has 3 rings (SSSR count). The molecule has 1 heterocycles. The first-order valence-corrected chi connectivity index (χ1v) is 7.57. The molecule has 0 spiro atoms. The molecule has 0 aliphatic carbocycles. The largest absolute Gasteiger partial charge is 0.484 e. The summed E-state index contributed by atoms with van der Waals surface area (Å²) in [5.41, 5.74) is 0.801. The van der Waals surface area contributed by atoms with E-state index < -0.39 is 0 Å². The van der Waals surface area contributed by atoms with Gasteiger partial charge in [0.2, 0.25) is 5.43 Å². The summed E-state index contributed by atoms with van der Waals surface area (Å²) in [6.45, 7) is 1.36. The summed E-state index contributed by atoms with van der Waals surface area (Å²) in [5.74, 6) is 0.0874. The van der Waals surface area contributed by atoms with E-state index in [4.69, 9.17) is 14.3 Å². The Kier molecular flexibility index (Phi) is 4.48. The van der Waals surface area contributed by atoms with E-state index in [2.05, 4.69) is 5.32 Å². The highest BCUT2D eigenvalue weighted by Crippen LogP contribution is 2.22. The number of aliphatic hydroxyl groups excluding tert-OH is 1. The van der Waals surface area contributed by atoms with E-state index >= 15 is 0 Å². The Morgan fingerprint density at radius 1 is 1.21 bits per heavy atom. The van der Waals surface area contributed by atoms with E-state index in [1.807, 2.05) is 0 Å². The predicted molar refractivity (Wildman–Crippen MR) is 90.2 cm³/mol. The van der Waals surface area contributed by atoms with E-state index in [-0.39, 0.29) is 30.6 Å². The Balaban J connectivity index is 1.85. The maximum Gasteiger partial charge on any atom is 0.258 e. The summed E-state index contributed by atoms with van der Waals surface area (Å²) < 4.78 is 11.2. The van der Waals surface area contributed by atoms with Gasteiger partial charge in [-0.2, -0.15) is 0 Å². The van der Waals surface area contributed by atoms with Gasteiger partial charge in [-0.25, -0.2) is 0 Å². The maximum absolute atomic E-state index is 12.4. The molecule has 1 aromatic heterocycles. The second kappa shape index (κ2) is 6.72. The number of rotatable bonds is 5. The van der Waals surface area contributed by atoms with Gasteiger partial charge < -0.3 is 19.6 Å². The number of aliphatic hydroxyl groups is 1. The molecule has 0 unspecified atom stereocenters. The first-order valence-electron chi connectivity index (χ1n) is 7.57. The number of hydrogen-bond donors (Lipinski definition) is 2. The molecule has 2 aromatic carbocycles. The van der Waals surface area contributed by atoms with Gasteiger partial charge >= 0.3 is 0 Å². The first-order chi connectivity index (χ1) is 11.6. The number of amides is 1. The molecule has 3 aromatic rings. The van der Waals surface area contributed by atoms with Crippen LogP contribution in [0.15, 0.2) is 51.7 Å². The minimum absolute atomic E-state index is 0.104. The Morgan fingerprint density at radius 3 is 2.75 bits per heavy atom. The van der Waals surface area contributed by atoms with Crippen LogP contribution in [-0.4, -0.2) is 30.3 Å². The van der Waals surface area contributed by atoms with Crippen molar-refractivity contribution in [3.8, 4) is 5.75 Å². The van der Waals surface area contributed by atoms with Crippen LogP contribution in [0.25, 0.3) is 21.9 Å². The lowest BCUT2D eigenvalue weighted by Crippen LogP contribution is -2.38. The first kappa shape index (κ1) is 16.0. The molecule has 0 bridgehead atoms. The molecule has 0 aliphatic rings. The lowest BCUT2D eigenvalue weighted by Gasteiger charge is -2.11. The molecule has 1 amide bonds. The number of benzene rings is 2. The van der Waals surface area contributed by atoms with Gasteiger partial charge in [-0.15, -0.1) is 0 Å². The standard InChI is InChI=1S/C18H17NO5/c1-11(9-20)19-17(21)10-23-12-6-7-14-16(8-12)24-15-5-3-2-4-13(15)18(14)22/h2-8,11,20H,9-10H2,1H3,(H,19,21)/t11-/m1/s1. The summed E-state index contributed by atoms with van der Waals surface area (Å²) in [7, 11) is 0. The number of carbonyl (C=O) groups is 1. The van der Waals surface area contributed by atoms with E-state index in [0.717, 1.165) is 0 Å². The van der Waals surface area contributed by atoms with Gasteiger partial charge in [0.15, 0.2) is 6.61 Å². The van der Waals surface area contributed by atoms with Gasteiger partial charge in [-0.1, -0.05) is 12.1 Å². The van der Waals surface area contributed by atoms with Gasteiger partial charge in [-0.3, -0.25) is 9.59 Å². The third kappa shape index (κ3) is 3.23. The average Bonchev–Trinajstić information content (AvgIpc) is 2.60. The third-order valence-corrected chi connectivity index (χ3v) is 3.60. The smallest absolute Gasteiger partial charge is 0.258 e. The number of para-hydroxylation sites is 1. The zero-order chi connectivity index (χ0) is 17.1. The molecule has 2 N–H and O–H groups in total. The molecule has 0 fully saturated rings. The van der Waals surface area contributed by atoms with Gasteiger partial charge in [0.25, 0.3) is 5.91 Å². The Bertz CT molecular complexity index is 947. The van der Waals surface area contributed by atoms with Crippen molar-refractivity contribution in [3.05, 3.63) is 52.7 Å². The molecule has 0 aliphatic heterocycles. The minimum atomic E-state index is -0.336. The van der Waals surface area contributed by atoms with E-state index in [1.54, 1.807) is 49.4 Å². The lowest BCUT2D eigenvalue weighted by atomic mass is 10.1. The van der Waals surface area contributed by atoms with Gasteiger partial charge in [0.1, 0.15) is 16.9 Å². The van der Waals surface area contributed by atoms with Crippen LogP contribution >= 0.6 is 0 Å². The predicted octanol–water partition coefficient (Wildman–Crippen LogP) is 1.82. The van der Waals surface area contributed by atoms with Crippen LogP contribution in [0.5, 0.6) is 5.75 Å². The highest BCUT2D eigenvalue weighted by atomic mass is 16.5. The molecule has 124 valence electrons. The number of fused-ring (bicyclic) bond motifs is 2. The quantitative estimate of drug-likeness (QED) is 0.698. The maximum atomic E-state index is 12.4.